The largest absolute Gasteiger partial charge is 0.460 e. The molecule has 0 bridgehead atoms. The van der Waals surface area contributed by atoms with Gasteiger partial charge in [0.15, 0.2) is 11.5 Å². The highest BCUT2D eigenvalue weighted by Gasteiger charge is 2.94. The third-order valence-corrected chi connectivity index (χ3v) is 11.4. The summed E-state index contributed by atoms with van der Waals surface area (Å²) < 4.78 is 419. The lowest BCUT2D eigenvalue weighted by molar-refractivity contribution is -0.433. The van der Waals surface area contributed by atoms with Crippen LogP contribution in [0.15, 0.2) is 72.8 Å². The second kappa shape index (κ2) is 15.3. The van der Waals surface area contributed by atoms with Crippen molar-refractivity contribution in [2.75, 3.05) is 0 Å². The topological polar surface area (TPSA) is 86.7 Å². The molecule has 0 spiro atoms. The Morgan fingerprint density at radius 1 is 0.303 bits per heavy atom. The monoisotopic (exact) mass is 1050 g/mol. The molecule has 0 aliphatic heterocycles. The standard InChI is InChI=1S/C32H12F26O6S2/c33-21(34,25(41,42)29(49,50)51)23(37,38)27(45,46)31(55,56)65(59,60)63-17-11-9-13-5-1-3-7-15(13)19(17)20-16-8-4-2-6-14(16)10-12-18(20)64-66(61,62)32(57,58)28(47,48)24(39,40)22(35,36)26(43,44)30(52,53)54/h1-12H. The SMILES string of the molecule is O=S(=O)(Oc1ccc2ccccc2c1-c1c(OS(=O)(=O)C(F)(F)C(F)(F)C(F)(F)C(F)(F)C(F)(F)C(F)(F)F)ccc2ccccc12)C(F)(F)C(F)(F)C(F)(F)C(F)(F)C(F)(F)C(F)(F)F. The number of rotatable bonds is 15. The van der Waals surface area contributed by atoms with E-state index in [0.717, 1.165) is 36.4 Å². The maximum atomic E-state index is 15.1. The van der Waals surface area contributed by atoms with Crippen molar-refractivity contribution in [2.24, 2.45) is 0 Å². The van der Waals surface area contributed by atoms with Crippen LogP contribution >= 0.6 is 0 Å². The van der Waals surface area contributed by atoms with Gasteiger partial charge in [-0.05, 0) is 33.7 Å². The molecule has 370 valence electrons. The molecular formula is C32H12F26O6S2. The average Bonchev–Trinajstić information content (AvgIpc) is 3.16. The van der Waals surface area contributed by atoms with Gasteiger partial charge in [0.05, 0.1) is 0 Å². The van der Waals surface area contributed by atoms with E-state index >= 15 is 17.6 Å². The molecule has 6 nitrogen and oxygen atoms in total. The van der Waals surface area contributed by atoms with Crippen molar-refractivity contribution in [1.82, 2.24) is 0 Å². The van der Waals surface area contributed by atoms with E-state index < -0.39 is 135 Å². The Morgan fingerprint density at radius 2 is 0.545 bits per heavy atom. The lowest BCUT2D eigenvalue weighted by atomic mass is 9.92. The lowest BCUT2D eigenvalue weighted by Gasteiger charge is -2.39. The molecule has 0 aliphatic rings. The molecule has 0 unspecified atom stereocenters. The minimum absolute atomic E-state index is 0.0970. The van der Waals surface area contributed by atoms with Crippen LogP contribution in [0, 0.1) is 0 Å². The van der Waals surface area contributed by atoms with Gasteiger partial charge in [0.1, 0.15) is 0 Å². The van der Waals surface area contributed by atoms with E-state index in [1.54, 1.807) is 0 Å². The first-order valence-corrected chi connectivity index (χ1v) is 18.8. The van der Waals surface area contributed by atoms with Gasteiger partial charge in [-0.2, -0.15) is 131 Å². The molecule has 4 aromatic rings. The molecule has 0 aliphatic carbocycles. The molecule has 66 heavy (non-hydrogen) atoms. The van der Waals surface area contributed by atoms with Crippen LogP contribution in [0.25, 0.3) is 32.7 Å². The fraction of sp³-hybridized carbons (Fsp3) is 0.375. The Labute approximate surface area is 346 Å². The summed E-state index contributed by atoms with van der Waals surface area (Å²) in [6.45, 7) is 0. The Morgan fingerprint density at radius 3 is 0.803 bits per heavy atom. The van der Waals surface area contributed by atoms with Gasteiger partial charge in [-0.15, -0.1) is 0 Å². The number of fused-ring (bicyclic) bond motifs is 2. The number of benzene rings is 4. The molecule has 0 saturated heterocycles. The van der Waals surface area contributed by atoms with Gasteiger partial charge in [0.2, 0.25) is 0 Å². The van der Waals surface area contributed by atoms with Crippen LogP contribution in [0.3, 0.4) is 0 Å². The Balaban J connectivity index is 2.03. The normalized spacial score (nSPS) is 15.4. The van der Waals surface area contributed by atoms with Crippen molar-refractivity contribution in [3.63, 3.8) is 0 Å². The zero-order valence-corrected chi connectivity index (χ0v) is 31.7. The summed E-state index contributed by atoms with van der Waals surface area (Å²) >= 11 is 0. The molecule has 0 saturated carbocycles. The fourth-order valence-corrected chi connectivity index (χ4v) is 7.17. The van der Waals surface area contributed by atoms with Crippen LogP contribution in [0.1, 0.15) is 0 Å². The molecule has 0 N–H and O–H groups in total. The number of halogens is 26. The summed E-state index contributed by atoms with van der Waals surface area (Å²) in [5.41, 5.74) is -3.34. The predicted octanol–water partition coefficient (Wildman–Crippen LogP) is 12.5. The fourth-order valence-electron chi connectivity index (χ4n) is 5.32. The zero-order valence-electron chi connectivity index (χ0n) is 30.0. The third kappa shape index (κ3) is 7.31. The molecule has 34 heteroatoms. The number of hydrogen-bond acceptors (Lipinski definition) is 6. The van der Waals surface area contributed by atoms with Crippen molar-refractivity contribution in [3.8, 4) is 22.6 Å². The van der Waals surface area contributed by atoms with Crippen molar-refractivity contribution >= 4 is 41.8 Å². The minimum atomic E-state index is -8.77. The molecule has 0 amide bonds. The molecule has 0 heterocycles. The Hall–Kier alpha value is -4.92. The van der Waals surface area contributed by atoms with E-state index in [1.165, 1.54) is 0 Å². The van der Waals surface area contributed by atoms with Crippen LogP contribution in [-0.2, 0) is 20.2 Å². The first-order valence-electron chi connectivity index (χ1n) is 16.0. The highest BCUT2D eigenvalue weighted by molar-refractivity contribution is 7.88. The van der Waals surface area contributed by atoms with E-state index in [-0.39, 0.29) is 12.1 Å². The highest BCUT2D eigenvalue weighted by atomic mass is 32.2. The quantitative estimate of drug-likeness (QED) is 0.0871. The van der Waals surface area contributed by atoms with E-state index in [9.17, 15) is 113 Å². The van der Waals surface area contributed by atoms with Crippen molar-refractivity contribution < 1.29 is 139 Å². The Kier molecular flexibility index (Phi) is 12.4. The maximum Gasteiger partial charge on any atom is 0.460 e. The smallest absolute Gasteiger partial charge is 0.377 e. The maximum absolute atomic E-state index is 15.1. The molecule has 4 rings (SSSR count). The minimum Gasteiger partial charge on any atom is -0.377 e. The van der Waals surface area contributed by atoms with Gasteiger partial charge in [-0.25, -0.2) is 0 Å². The van der Waals surface area contributed by atoms with E-state index in [2.05, 4.69) is 8.37 Å². The van der Waals surface area contributed by atoms with Gasteiger partial charge >= 0.3 is 90.5 Å². The lowest BCUT2D eigenvalue weighted by Crippen LogP contribution is -2.71. The second-order valence-corrected chi connectivity index (χ2v) is 16.2. The van der Waals surface area contributed by atoms with E-state index in [1.807, 2.05) is 0 Å². The van der Waals surface area contributed by atoms with Crippen LogP contribution in [-0.4, -0.2) is 87.1 Å². The third-order valence-electron chi connectivity index (χ3n) is 8.87. The zero-order chi connectivity index (χ0) is 51.5. The summed E-state index contributed by atoms with van der Waals surface area (Å²) in [5, 5.41) is -19.3. The first kappa shape index (κ1) is 53.7. The second-order valence-electron chi connectivity index (χ2n) is 13.0. The summed E-state index contributed by atoms with van der Waals surface area (Å²) in [6.07, 6.45) is -15.9. The highest BCUT2D eigenvalue weighted by Crippen LogP contribution is 2.63. The van der Waals surface area contributed by atoms with Gasteiger partial charge in [-0.1, -0.05) is 60.7 Å². The molecular weight excluding hydrogens is 1040 g/mol. The van der Waals surface area contributed by atoms with E-state index in [0.29, 0.717) is 24.3 Å². The molecule has 0 aromatic heterocycles. The van der Waals surface area contributed by atoms with Gasteiger partial charge in [0.25, 0.3) is 0 Å². The summed E-state index contributed by atoms with van der Waals surface area (Å²) in [6, 6.07) is 6.93. The van der Waals surface area contributed by atoms with Gasteiger partial charge < -0.3 is 8.37 Å². The number of hydrogen-bond donors (Lipinski definition) is 0. The predicted molar refractivity (Wildman–Crippen MR) is 168 cm³/mol. The first-order chi connectivity index (χ1) is 29.1. The van der Waals surface area contributed by atoms with Crippen LogP contribution < -0.4 is 8.37 Å². The Bertz CT molecular complexity index is 2560. The molecule has 4 aromatic carbocycles. The van der Waals surface area contributed by atoms with Crippen LogP contribution in [0.5, 0.6) is 11.5 Å². The van der Waals surface area contributed by atoms with Gasteiger partial charge in [-0.3, -0.25) is 0 Å². The number of alkyl halides is 26. The summed E-state index contributed by atoms with van der Waals surface area (Å²) in [5.74, 6) is -73.3. The van der Waals surface area contributed by atoms with Crippen molar-refractivity contribution in [3.05, 3.63) is 72.8 Å². The van der Waals surface area contributed by atoms with Crippen molar-refractivity contribution in [1.29, 1.82) is 0 Å². The van der Waals surface area contributed by atoms with Crippen LogP contribution in [0.4, 0.5) is 114 Å². The molecule has 0 atom stereocenters. The van der Waals surface area contributed by atoms with Crippen molar-refractivity contribution in [2.45, 2.75) is 70.2 Å². The van der Waals surface area contributed by atoms with Gasteiger partial charge in [0, 0.05) is 11.1 Å². The average molecular weight is 1050 g/mol. The van der Waals surface area contributed by atoms with E-state index in [4.69, 9.17) is 0 Å². The van der Waals surface area contributed by atoms with Crippen LogP contribution in [0.2, 0.25) is 0 Å². The molecule has 0 radical (unpaired) electrons. The summed E-state index contributed by atoms with van der Waals surface area (Å²) in [4.78, 5) is 0. The summed E-state index contributed by atoms with van der Waals surface area (Å²) in [7, 11) is -16.8. The molecule has 0 fully saturated rings.